The van der Waals surface area contributed by atoms with E-state index in [0.717, 1.165) is 26.7 Å². The number of carbonyl (C=O) groups excluding carboxylic acids is 2. The van der Waals surface area contributed by atoms with Crippen molar-refractivity contribution < 1.29 is 9.59 Å². The Morgan fingerprint density at radius 1 is 0.971 bits per heavy atom. The highest BCUT2D eigenvalue weighted by atomic mass is 32.1. The summed E-state index contributed by atoms with van der Waals surface area (Å²) in [5.41, 5.74) is 3.26. The number of benzene rings is 3. The summed E-state index contributed by atoms with van der Waals surface area (Å²) in [6, 6.07) is 26.1. The van der Waals surface area contributed by atoms with Gasteiger partial charge in [0.1, 0.15) is 11.9 Å². The number of aromatic nitrogens is 2. The molecule has 0 fully saturated rings. The summed E-state index contributed by atoms with van der Waals surface area (Å²) in [5, 5.41) is 3.97. The third-order valence-corrected chi connectivity index (χ3v) is 6.91. The Morgan fingerprint density at radius 2 is 1.71 bits per heavy atom. The van der Waals surface area contributed by atoms with E-state index in [0.29, 0.717) is 22.6 Å². The molecule has 0 aliphatic heterocycles. The number of hydrogen-bond donors (Lipinski definition) is 1. The van der Waals surface area contributed by atoms with E-state index in [1.807, 2.05) is 85.1 Å². The Labute approximate surface area is 206 Å². The second-order valence-electron chi connectivity index (χ2n) is 8.31. The van der Waals surface area contributed by atoms with Crippen LogP contribution in [0, 0.1) is 6.92 Å². The van der Waals surface area contributed by atoms with Crippen LogP contribution < -0.4 is 10.1 Å². The van der Waals surface area contributed by atoms with Crippen LogP contribution in [0.4, 0.5) is 5.82 Å². The van der Waals surface area contributed by atoms with Crippen molar-refractivity contribution in [2.75, 3.05) is 5.32 Å². The summed E-state index contributed by atoms with van der Waals surface area (Å²) in [6.45, 7) is 3.92. The van der Waals surface area contributed by atoms with Crippen LogP contribution in [0.2, 0.25) is 0 Å². The van der Waals surface area contributed by atoms with E-state index in [4.69, 9.17) is 0 Å². The molecule has 1 atom stereocenters. The lowest BCUT2D eigenvalue weighted by atomic mass is 10.1. The van der Waals surface area contributed by atoms with Gasteiger partial charge < -0.3 is 9.88 Å². The number of fused-ring (bicyclic) bond motifs is 2. The van der Waals surface area contributed by atoms with E-state index >= 15 is 0 Å². The third kappa shape index (κ3) is 4.63. The molecule has 3 aromatic carbocycles. The van der Waals surface area contributed by atoms with Gasteiger partial charge in [0.05, 0.1) is 15.7 Å². The van der Waals surface area contributed by atoms with Crippen LogP contribution in [-0.2, 0) is 4.79 Å². The molecule has 1 unspecified atom stereocenters. The molecule has 2 heterocycles. The highest BCUT2D eigenvalue weighted by Crippen LogP contribution is 2.24. The van der Waals surface area contributed by atoms with Gasteiger partial charge in [-0.1, -0.05) is 66.3 Å². The molecule has 0 aliphatic rings. The van der Waals surface area contributed by atoms with Crippen LogP contribution in [0.1, 0.15) is 35.3 Å². The van der Waals surface area contributed by atoms with Gasteiger partial charge in [0.2, 0.25) is 5.91 Å². The van der Waals surface area contributed by atoms with E-state index in [1.165, 1.54) is 11.3 Å². The van der Waals surface area contributed by atoms with Crippen molar-refractivity contribution in [3.8, 4) is 0 Å². The van der Waals surface area contributed by atoms with Gasteiger partial charge in [0.25, 0.3) is 5.91 Å². The number of pyridine rings is 1. The first-order chi connectivity index (χ1) is 17.0. The van der Waals surface area contributed by atoms with E-state index in [1.54, 1.807) is 18.2 Å². The van der Waals surface area contributed by atoms with E-state index < -0.39 is 6.04 Å². The lowest BCUT2D eigenvalue weighted by Crippen LogP contribution is -2.31. The number of carbonyl (C=O) groups is 2. The normalized spacial score (nSPS) is 12.7. The van der Waals surface area contributed by atoms with Crippen molar-refractivity contribution in [1.82, 2.24) is 9.55 Å². The fourth-order valence-corrected chi connectivity index (χ4v) is 5.12. The van der Waals surface area contributed by atoms with Gasteiger partial charge in [-0.25, -0.2) is 4.98 Å². The number of amides is 2. The summed E-state index contributed by atoms with van der Waals surface area (Å²) in [7, 11) is 0. The molecular formula is C28H24N4O2S. The van der Waals surface area contributed by atoms with Crippen molar-refractivity contribution in [3.63, 3.8) is 0 Å². The minimum Gasteiger partial charge on any atom is -0.309 e. The minimum atomic E-state index is -0.566. The van der Waals surface area contributed by atoms with E-state index in [-0.39, 0.29) is 11.8 Å². The number of rotatable bonds is 5. The maximum Gasteiger partial charge on any atom is 0.279 e. The predicted octanol–water partition coefficient (Wildman–Crippen LogP) is 5.89. The zero-order chi connectivity index (χ0) is 24.4. The summed E-state index contributed by atoms with van der Waals surface area (Å²) in [5.74, 6) is -0.0543. The number of thiazole rings is 1. The average Bonchev–Trinajstić information content (AvgIpc) is 3.22. The molecule has 0 aliphatic carbocycles. The van der Waals surface area contributed by atoms with Gasteiger partial charge in [-0.3, -0.25) is 9.59 Å². The van der Waals surface area contributed by atoms with Gasteiger partial charge in [-0.15, -0.1) is 0 Å². The maximum absolute atomic E-state index is 13.5. The number of para-hydroxylation sites is 2. The fraction of sp³-hybridized carbons (Fsp3) is 0.143. The Hall–Kier alpha value is -4.10. The molecule has 6 nitrogen and oxygen atoms in total. The second-order valence-corrected chi connectivity index (χ2v) is 9.32. The number of nitrogens with zero attached hydrogens (tertiary/aromatic N) is 3. The van der Waals surface area contributed by atoms with E-state index in [2.05, 4.69) is 15.3 Å². The first kappa shape index (κ1) is 22.7. The monoisotopic (exact) mass is 480 g/mol. The third-order valence-electron chi connectivity index (χ3n) is 5.88. The highest BCUT2D eigenvalue weighted by Gasteiger charge is 2.23. The second kappa shape index (κ2) is 9.64. The summed E-state index contributed by atoms with van der Waals surface area (Å²) in [4.78, 5) is 36.0. The number of hydrogen-bond acceptors (Lipinski definition) is 4. The molecule has 7 heteroatoms. The van der Waals surface area contributed by atoms with Crippen molar-refractivity contribution in [2.45, 2.75) is 26.3 Å². The highest BCUT2D eigenvalue weighted by molar-refractivity contribution is 7.16. The molecule has 5 aromatic rings. The van der Waals surface area contributed by atoms with Gasteiger partial charge in [0, 0.05) is 10.9 Å². The van der Waals surface area contributed by atoms with Crippen molar-refractivity contribution >= 4 is 50.1 Å². The molecule has 2 amide bonds. The number of anilines is 1. The van der Waals surface area contributed by atoms with Crippen LogP contribution in [0.15, 0.2) is 89.9 Å². The quantitative estimate of drug-likeness (QED) is 0.341. The molecule has 0 saturated carbocycles. The van der Waals surface area contributed by atoms with Gasteiger partial charge in [0.15, 0.2) is 4.80 Å². The molecule has 5 rings (SSSR count). The molecule has 2 aromatic heterocycles. The minimum absolute atomic E-state index is 0.205. The Morgan fingerprint density at radius 3 is 2.51 bits per heavy atom. The van der Waals surface area contributed by atoms with E-state index in [9.17, 15) is 9.59 Å². The lowest BCUT2D eigenvalue weighted by Gasteiger charge is -2.18. The van der Waals surface area contributed by atoms with Gasteiger partial charge >= 0.3 is 0 Å². The van der Waals surface area contributed by atoms with Crippen molar-refractivity contribution in [2.24, 2.45) is 4.99 Å². The average molecular weight is 481 g/mol. The first-order valence-corrected chi connectivity index (χ1v) is 12.3. The number of nitrogens with one attached hydrogen (secondary N) is 1. The molecule has 0 bridgehead atoms. The molecule has 1 N–H and O–H groups in total. The molecule has 0 spiro atoms. The molecule has 174 valence electrons. The predicted molar refractivity (Wildman–Crippen MR) is 141 cm³/mol. The van der Waals surface area contributed by atoms with Crippen molar-refractivity contribution in [3.05, 3.63) is 101 Å². The topological polar surface area (TPSA) is 76.3 Å². The van der Waals surface area contributed by atoms with Crippen LogP contribution in [0.5, 0.6) is 0 Å². The molecule has 0 saturated heterocycles. The SMILES string of the molecule is CCC(C(=O)Nc1ccc2ccccc2n1)n1c(=NC(=O)c2ccc(C)cc2)sc2ccccc21. The lowest BCUT2D eigenvalue weighted by molar-refractivity contribution is -0.119. The standard InChI is InChI=1S/C28H24N4O2S/c1-3-22(27(34)30-25-17-16-19-8-4-5-9-21(19)29-25)32-23-10-6-7-11-24(23)35-28(32)31-26(33)20-14-12-18(2)13-15-20/h4-17,22H,3H2,1-2H3,(H,29,30,34). The van der Waals surface area contributed by atoms with Crippen molar-refractivity contribution in [1.29, 1.82) is 0 Å². The zero-order valence-electron chi connectivity index (χ0n) is 19.4. The largest absolute Gasteiger partial charge is 0.309 e. The smallest absolute Gasteiger partial charge is 0.279 e. The van der Waals surface area contributed by atoms with Gasteiger partial charge in [-0.05, 0) is 55.8 Å². The summed E-state index contributed by atoms with van der Waals surface area (Å²) < 4.78 is 2.82. The zero-order valence-corrected chi connectivity index (χ0v) is 20.3. The number of aryl methyl sites for hydroxylation is 1. The Kier molecular flexibility index (Phi) is 6.25. The Bertz CT molecular complexity index is 1620. The molecule has 0 radical (unpaired) electrons. The van der Waals surface area contributed by atoms with Gasteiger partial charge in [-0.2, -0.15) is 4.99 Å². The summed E-state index contributed by atoms with van der Waals surface area (Å²) >= 11 is 1.40. The fourth-order valence-electron chi connectivity index (χ4n) is 4.05. The van der Waals surface area contributed by atoms with Crippen LogP contribution >= 0.6 is 11.3 Å². The first-order valence-electron chi connectivity index (χ1n) is 11.5. The summed E-state index contributed by atoms with van der Waals surface area (Å²) in [6.07, 6.45) is 0.520. The van der Waals surface area contributed by atoms with Crippen LogP contribution in [0.3, 0.4) is 0 Å². The molecule has 35 heavy (non-hydrogen) atoms. The maximum atomic E-state index is 13.5. The van der Waals surface area contributed by atoms with Crippen LogP contribution in [0.25, 0.3) is 21.1 Å². The molecular weight excluding hydrogens is 456 g/mol. The Balaban J connectivity index is 1.55. The van der Waals surface area contributed by atoms with Crippen LogP contribution in [-0.4, -0.2) is 21.4 Å².